The van der Waals surface area contributed by atoms with Gasteiger partial charge in [0.1, 0.15) is 0 Å². The van der Waals surface area contributed by atoms with E-state index in [-0.39, 0.29) is 22.7 Å². The number of carbonyl (C=O) groups is 1. The number of para-hydroxylation sites is 1. The van der Waals surface area contributed by atoms with Crippen molar-refractivity contribution in [3.05, 3.63) is 30.3 Å². The summed E-state index contributed by atoms with van der Waals surface area (Å²) in [5, 5.41) is 2.84. The molecule has 1 amide bonds. The number of anilines is 1. The van der Waals surface area contributed by atoms with E-state index in [0.29, 0.717) is 12.2 Å². The van der Waals surface area contributed by atoms with Gasteiger partial charge in [-0.1, -0.05) is 18.2 Å². The number of sulfone groups is 1. The highest BCUT2D eigenvalue weighted by atomic mass is 32.2. The Morgan fingerprint density at radius 2 is 2.06 bits per heavy atom. The number of thioether (sulfide) groups is 1. The molecule has 98 valence electrons. The van der Waals surface area contributed by atoms with Crippen molar-refractivity contribution in [3.8, 4) is 0 Å². The van der Waals surface area contributed by atoms with Gasteiger partial charge < -0.3 is 5.32 Å². The molecule has 1 aromatic rings. The first-order chi connectivity index (χ1) is 8.55. The molecule has 0 bridgehead atoms. The van der Waals surface area contributed by atoms with E-state index >= 15 is 0 Å². The quantitative estimate of drug-likeness (QED) is 0.911. The molecule has 1 unspecified atom stereocenters. The first-order valence-corrected chi connectivity index (χ1v) is 8.59. The molecule has 1 aromatic carbocycles. The smallest absolute Gasteiger partial charge is 0.234 e. The summed E-state index contributed by atoms with van der Waals surface area (Å²) in [6, 6.07) is 9.23. The maximum Gasteiger partial charge on any atom is 0.234 e. The van der Waals surface area contributed by atoms with Crippen molar-refractivity contribution in [2.75, 3.05) is 22.6 Å². The lowest BCUT2D eigenvalue weighted by Crippen LogP contribution is -2.17. The minimum atomic E-state index is -2.85. The van der Waals surface area contributed by atoms with Crippen molar-refractivity contribution in [3.63, 3.8) is 0 Å². The first kappa shape index (κ1) is 13.4. The number of carbonyl (C=O) groups excluding carboxylic acids is 1. The van der Waals surface area contributed by atoms with E-state index in [0.717, 1.165) is 5.69 Å². The van der Waals surface area contributed by atoms with Crippen LogP contribution in [0, 0.1) is 0 Å². The van der Waals surface area contributed by atoms with Crippen LogP contribution in [0.15, 0.2) is 30.3 Å². The number of benzene rings is 1. The number of nitrogens with one attached hydrogen (secondary N) is 1. The number of amides is 1. The number of hydrogen-bond acceptors (Lipinski definition) is 4. The van der Waals surface area contributed by atoms with Gasteiger partial charge >= 0.3 is 0 Å². The Bertz CT molecular complexity index is 513. The highest BCUT2D eigenvalue weighted by molar-refractivity contribution is 8.02. The summed E-state index contributed by atoms with van der Waals surface area (Å²) in [5.41, 5.74) is 0.766. The normalized spacial score (nSPS) is 21.7. The summed E-state index contributed by atoms with van der Waals surface area (Å²) in [7, 11) is -2.85. The fourth-order valence-corrected chi connectivity index (χ4v) is 5.25. The summed E-state index contributed by atoms with van der Waals surface area (Å²) >= 11 is 1.42. The van der Waals surface area contributed by atoms with Crippen LogP contribution in [0.1, 0.15) is 6.42 Å². The van der Waals surface area contributed by atoms with Crippen molar-refractivity contribution in [1.82, 2.24) is 0 Å². The van der Waals surface area contributed by atoms with E-state index in [1.165, 1.54) is 11.8 Å². The van der Waals surface area contributed by atoms with E-state index in [1.54, 1.807) is 0 Å². The first-order valence-electron chi connectivity index (χ1n) is 5.72. The molecule has 1 aliphatic rings. The van der Waals surface area contributed by atoms with Crippen LogP contribution < -0.4 is 5.32 Å². The maximum absolute atomic E-state index is 11.6. The Morgan fingerprint density at radius 1 is 1.33 bits per heavy atom. The predicted molar refractivity (Wildman–Crippen MR) is 74.6 cm³/mol. The molecule has 1 atom stereocenters. The Balaban J connectivity index is 1.76. The summed E-state index contributed by atoms with van der Waals surface area (Å²) in [6.45, 7) is 0. The largest absolute Gasteiger partial charge is 0.325 e. The van der Waals surface area contributed by atoms with Crippen molar-refractivity contribution >= 4 is 33.2 Å². The zero-order valence-electron chi connectivity index (χ0n) is 9.83. The third-order valence-electron chi connectivity index (χ3n) is 2.70. The molecule has 1 N–H and O–H groups in total. The second kappa shape index (κ2) is 5.75. The SMILES string of the molecule is O=C(CSC1CCS(=O)(=O)C1)Nc1ccccc1. The van der Waals surface area contributed by atoms with Crippen molar-refractivity contribution in [2.24, 2.45) is 0 Å². The van der Waals surface area contributed by atoms with E-state index < -0.39 is 9.84 Å². The Labute approximate surface area is 111 Å². The topological polar surface area (TPSA) is 63.2 Å². The third kappa shape index (κ3) is 4.03. The lowest BCUT2D eigenvalue weighted by atomic mass is 10.3. The fraction of sp³-hybridized carbons (Fsp3) is 0.417. The summed E-state index contributed by atoms with van der Waals surface area (Å²) in [5.74, 6) is 0.673. The average Bonchev–Trinajstić information content (AvgIpc) is 2.68. The standard InChI is InChI=1S/C12H15NO3S2/c14-12(13-10-4-2-1-3-5-10)8-17-11-6-7-18(15,16)9-11/h1-5,11H,6-9H2,(H,13,14). The zero-order chi connectivity index (χ0) is 13.0. The van der Waals surface area contributed by atoms with Gasteiger partial charge in [-0.25, -0.2) is 8.42 Å². The van der Waals surface area contributed by atoms with Gasteiger partial charge in [-0.2, -0.15) is 0 Å². The maximum atomic E-state index is 11.6. The second-order valence-electron chi connectivity index (χ2n) is 4.25. The minimum Gasteiger partial charge on any atom is -0.325 e. The van der Waals surface area contributed by atoms with Gasteiger partial charge in [0.2, 0.25) is 5.91 Å². The van der Waals surface area contributed by atoms with Gasteiger partial charge in [-0.3, -0.25) is 4.79 Å². The predicted octanol–water partition coefficient (Wildman–Crippen LogP) is 1.55. The molecule has 0 aliphatic carbocycles. The molecule has 0 radical (unpaired) electrons. The average molecular weight is 285 g/mol. The molecule has 1 heterocycles. The van der Waals surface area contributed by atoms with Gasteiger partial charge in [0, 0.05) is 10.9 Å². The van der Waals surface area contributed by atoms with Gasteiger partial charge in [-0.05, 0) is 18.6 Å². The lowest BCUT2D eigenvalue weighted by Gasteiger charge is -2.08. The van der Waals surface area contributed by atoms with Crippen LogP contribution in [0.4, 0.5) is 5.69 Å². The monoisotopic (exact) mass is 285 g/mol. The molecule has 1 aliphatic heterocycles. The molecule has 2 rings (SSSR count). The molecule has 0 spiro atoms. The molecular formula is C12H15NO3S2. The molecule has 18 heavy (non-hydrogen) atoms. The van der Waals surface area contributed by atoms with Crippen LogP contribution >= 0.6 is 11.8 Å². The van der Waals surface area contributed by atoms with Crippen LogP contribution in [0.3, 0.4) is 0 Å². The molecule has 1 saturated heterocycles. The molecule has 1 fully saturated rings. The molecule has 4 nitrogen and oxygen atoms in total. The summed E-state index contributed by atoms with van der Waals surface area (Å²) in [6.07, 6.45) is 0.658. The van der Waals surface area contributed by atoms with Crippen LogP contribution in [-0.4, -0.2) is 36.8 Å². The highest BCUT2D eigenvalue weighted by Gasteiger charge is 2.28. The van der Waals surface area contributed by atoms with Crippen LogP contribution in [0.2, 0.25) is 0 Å². The zero-order valence-corrected chi connectivity index (χ0v) is 11.5. The van der Waals surface area contributed by atoms with Crippen molar-refractivity contribution < 1.29 is 13.2 Å². The molecule has 6 heteroatoms. The highest BCUT2D eigenvalue weighted by Crippen LogP contribution is 2.24. The Kier molecular flexibility index (Phi) is 4.29. The van der Waals surface area contributed by atoms with Gasteiger partial charge in [0.25, 0.3) is 0 Å². The Morgan fingerprint density at radius 3 is 2.67 bits per heavy atom. The van der Waals surface area contributed by atoms with Gasteiger partial charge in [0.15, 0.2) is 9.84 Å². The number of rotatable bonds is 4. The second-order valence-corrected chi connectivity index (χ2v) is 7.77. The lowest BCUT2D eigenvalue weighted by molar-refractivity contribution is -0.113. The molecule has 0 aromatic heterocycles. The molecular weight excluding hydrogens is 270 g/mol. The van der Waals surface area contributed by atoms with Crippen LogP contribution in [0.25, 0.3) is 0 Å². The van der Waals surface area contributed by atoms with Gasteiger partial charge in [0.05, 0.1) is 17.3 Å². The van der Waals surface area contributed by atoms with Crippen molar-refractivity contribution in [2.45, 2.75) is 11.7 Å². The number of hydrogen-bond donors (Lipinski definition) is 1. The minimum absolute atomic E-state index is 0.0662. The third-order valence-corrected chi connectivity index (χ3v) is 5.98. The summed E-state index contributed by atoms with van der Waals surface area (Å²) < 4.78 is 22.5. The van der Waals surface area contributed by atoms with E-state index in [2.05, 4.69) is 5.32 Å². The Hall–Kier alpha value is -1.01. The van der Waals surface area contributed by atoms with E-state index in [1.807, 2.05) is 30.3 Å². The van der Waals surface area contributed by atoms with E-state index in [4.69, 9.17) is 0 Å². The van der Waals surface area contributed by atoms with Crippen LogP contribution in [-0.2, 0) is 14.6 Å². The van der Waals surface area contributed by atoms with Gasteiger partial charge in [-0.15, -0.1) is 11.8 Å². The summed E-state index contributed by atoms with van der Waals surface area (Å²) in [4.78, 5) is 11.6. The van der Waals surface area contributed by atoms with Crippen LogP contribution in [0.5, 0.6) is 0 Å². The van der Waals surface area contributed by atoms with E-state index in [9.17, 15) is 13.2 Å². The fourth-order valence-electron chi connectivity index (χ4n) is 1.80. The molecule has 0 saturated carbocycles. The van der Waals surface area contributed by atoms with Crippen molar-refractivity contribution in [1.29, 1.82) is 0 Å².